The number of halogens is 1. The van der Waals surface area contributed by atoms with E-state index in [-0.39, 0.29) is 5.82 Å². The topological polar surface area (TPSA) is 76.3 Å². The predicted molar refractivity (Wildman–Crippen MR) is 57.5 cm³/mol. The van der Waals surface area contributed by atoms with Gasteiger partial charge >= 0.3 is 0 Å². The summed E-state index contributed by atoms with van der Waals surface area (Å²) in [5.74, 6) is 0.813. The molecule has 1 aromatic heterocycles. The van der Waals surface area contributed by atoms with Gasteiger partial charge in [-0.05, 0) is 0 Å². The lowest BCUT2D eigenvalue weighted by atomic mass is 10.5. The van der Waals surface area contributed by atoms with Crippen LogP contribution in [0.25, 0.3) is 0 Å². The second kappa shape index (κ2) is 4.61. The smallest absolute Gasteiger partial charge is 0.164 e. The van der Waals surface area contributed by atoms with Crippen molar-refractivity contribution in [2.24, 2.45) is 0 Å². The molecule has 0 amide bonds. The molecule has 0 spiro atoms. The number of aromatic nitrogens is 2. The van der Waals surface area contributed by atoms with Crippen LogP contribution >= 0.6 is 11.6 Å². The average molecular weight is 230 g/mol. The van der Waals surface area contributed by atoms with Crippen LogP contribution in [-0.4, -0.2) is 41.3 Å². The highest BCUT2D eigenvalue weighted by Gasteiger charge is 2.13. The summed E-state index contributed by atoms with van der Waals surface area (Å²) in [6.45, 7) is 2.98. The lowest BCUT2D eigenvalue weighted by Crippen LogP contribution is -2.40. The fourth-order valence-electron chi connectivity index (χ4n) is 1.29. The molecule has 0 aromatic carbocycles. The Morgan fingerprint density at radius 3 is 2.87 bits per heavy atom. The van der Waals surface area contributed by atoms with Crippen LogP contribution in [0.1, 0.15) is 0 Å². The van der Waals surface area contributed by atoms with Crippen molar-refractivity contribution < 1.29 is 4.74 Å². The van der Waals surface area contributed by atoms with Crippen LogP contribution in [0.2, 0.25) is 5.02 Å². The summed E-state index contributed by atoms with van der Waals surface area (Å²) in [7, 11) is 0. The van der Waals surface area contributed by atoms with Gasteiger partial charge in [0.1, 0.15) is 17.2 Å². The maximum absolute atomic E-state index is 5.94. The van der Waals surface area contributed by atoms with E-state index >= 15 is 0 Å². The lowest BCUT2D eigenvalue weighted by Gasteiger charge is -2.27. The normalized spacial score (nSPS) is 17.7. The molecule has 0 atom stereocenters. The Kier molecular flexibility index (Phi) is 3.20. The Bertz CT molecular complexity index is 342. The van der Waals surface area contributed by atoms with Crippen LogP contribution < -0.4 is 11.2 Å². The largest absolute Gasteiger partial charge is 0.382 e. The van der Waals surface area contributed by atoms with E-state index in [1.807, 2.05) is 5.01 Å². The zero-order valence-corrected chi connectivity index (χ0v) is 8.87. The molecular formula is C8H12ClN5O. The highest BCUT2D eigenvalue weighted by Crippen LogP contribution is 2.23. The lowest BCUT2D eigenvalue weighted by molar-refractivity contribution is 0.0495. The summed E-state index contributed by atoms with van der Waals surface area (Å²) in [5.41, 5.74) is 8.64. The number of nitrogens with one attached hydrogen (secondary N) is 1. The third-order valence-corrected chi connectivity index (χ3v) is 2.46. The van der Waals surface area contributed by atoms with Crippen LogP contribution in [0.15, 0.2) is 6.33 Å². The van der Waals surface area contributed by atoms with E-state index in [2.05, 4.69) is 15.4 Å². The van der Waals surface area contributed by atoms with Crippen molar-refractivity contribution >= 4 is 23.2 Å². The zero-order chi connectivity index (χ0) is 10.7. The van der Waals surface area contributed by atoms with E-state index in [4.69, 9.17) is 22.1 Å². The van der Waals surface area contributed by atoms with E-state index in [9.17, 15) is 0 Å². The Hall–Kier alpha value is -1.11. The van der Waals surface area contributed by atoms with Crippen LogP contribution in [0.3, 0.4) is 0 Å². The summed E-state index contributed by atoms with van der Waals surface area (Å²) < 4.78 is 5.22. The number of anilines is 2. The second-order valence-electron chi connectivity index (χ2n) is 3.13. The van der Waals surface area contributed by atoms with Crippen molar-refractivity contribution in [1.82, 2.24) is 15.0 Å². The minimum Gasteiger partial charge on any atom is -0.382 e. The summed E-state index contributed by atoms with van der Waals surface area (Å²) in [4.78, 5) is 7.80. The molecule has 2 heterocycles. The van der Waals surface area contributed by atoms with Crippen LogP contribution in [0.5, 0.6) is 0 Å². The minimum absolute atomic E-state index is 0.280. The number of hydrogen-bond donors (Lipinski definition) is 2. The molecule has 1 aliphatic rings. The van der Waals surface area contributed by atoms with E-state index in [0.717, 1.165) is 13.1 Å². The first-order chi connectivity index (χ1) is 7.27. The van der Waals surface area contributed by atoms with Crippen molar-refractivity contribution in [3.05, 3.63) is 11.3 Å². The quantitative estimate of drug-likeness (QED) is 0.763. The van der Waals surface area contributed by atoms with Gasteiger partial charge in [0, 0.05) is 13.1 Å². The first kappa shape index (κ1) is 10.4. The first-order valence-electron chi connectivity index (χ1n) is 4.62. The molecule has 7 heteroatoms. The van der Waals surface area contributed by atoms with Crippen molar-refractivity contribution in [3.8, 4) is 0 Å². The third-order valence-electron chi connectivity index (χ3n) is 2.09. The van der Waals surface area contributed by atoms with Gasteiger partial charge in [0.15, 0.2) is 5.82 Å². The second-order valence-corrected chi connectivity index (χ2v) is 3.51. The molecule has 0 aliphatic carbocycles. The number of morpholine rings is 1. The Balaban J connectivity index is 2.06. The highest BCUT2D eigenvalue weighted by molar-refractivity contribution is 6.35. The van der Waals surface area contributed by atoms with Crippen molar-refractivity contribution in [3.63, 3.8) is 0 Å². The molecule has 15 heavy (non-hydrogen) atoms. The molecule has 2 rings (SSSR count). The van der Waals surface area contributed by atoms with Gasteiger partial charge in [-0.3, -0.25) is 0 Å². The number of ether oxygens (including phenoxy) is 1. The van der Waals surface area contributed by atoms with Gasteiger partial charge in [-0.15, -0.1) is 0 Å². The third kappa shape index (κ3) is 2.47. The fourth-order valence-corrected chi connectivity index (χ4v) is 1.43. The minimum atomic E-state index is 0.280. The molecule has 3 N–H and O–H groups in total. The van der Waals surface area contributed by atoms with E-state index in [1.165, 1.54) is 6.33 Å². The average Bonchev–Trinajstić information content (AvgIpc) is 2.26. The van der Waals surface area contributed by atoms with E-state index < -0.39 is 0 Å². The molecule has 0 unspecified atom stereocenters. The van der Waals surface area contributed by atoms with Gasteiger partial charge in [-0.2, -0.15) is 0 Å². The van der Waals surface area contributed by atoms with Gasteiger partial charge in [0.25, 0.3) is 0 Å². The SMILES string of the molecule is Nc1ncnc(NN2CCOCC2)c1Cl. The highest BCUT2D eigenvalue weighted by atomic mass is 35.5. The van der Waals surface area contributed by atoms with E-state index in [0.29, 0.717) is 24.1 Å². The number of nitrogens with two attached hydrogens (primary N) is 1. The number of hydrogen-bond acceptors (Lipinski definition) is 6. The maximum Gasteiger partial charge on any atom is 0.164 e. The standard InChI is InChI=1S/C8H12ClN5O/c9-6-7(10)11-5-12-8(6)13-14-1-3-15-4-2-14/h5H,1-4H2,(H3,10,11,12,13). The molecule has 0 saturated carbocycles. The Labute approximate surface area is 92.4 Å². The van der Waals surface area contributed by atoms with E-state index in [1.54, 1.807) is 0 Å². The summed E-state index contributed by atoms with van der Waals surface area (Å²) in [6.07, 6.45) is 1.38. The molecular weight excluding hydrogens is 218 g/mol. The van der Waals surface area contributed by atoms with Gasteiger partial charge in [0.2, 0.25) is 0 Å². The van der Waals surface area contributed by atoms with Crippen molar-refractivity contribution in [2.45, 2.75) is 0 Å². The maximum atomic E-state index is 5.94. The van der Waals surface area contributed by atoms with Gasteiger partial charge in [-0.25, -0.2) is 15.0 Å². The summed E-state index contributed by atoms with van der Waals surface area (Å²) >= 11 is 5.94. The van der Waals surface area contributed by atoms with Crippen LogP contribution in [-0.2, 0) is 4.74 Å². The molecule has 1 fully saturated rings. The van der Waals surface area contributed by atoms with Gasteiger partial charge in [-0.1, -0.05) is 11.6 Å². The molecule has 82 valence electrons. The monoisotopic (exact) mass is 229 g/mol. The Morgan fingerprint density at radius 2 is 2.13 bits per heavy atom. The predicted octanol–water partition coefficient (Wildman–Crippen LogP) is 0.371. The summed E-state index contributed by atoms with van der Waals surface area (Å²) in [6, 6.07) is 0. The number of rotatable bonds is 2. The fraction of sp³-hybridized carbons (Fsp3) is 0.500. The molecule has 1 aliphatic heterocycles. The number of hydrazine groups is 1. The van der Waals surface area contributed by atoms with Gasteiger partial charge < -0.3 is 15.9 Å². The van der Waals surface area contributed by atoms with Crippen LogP contribution in [0.4, 0.5) is 11.6 Å². The zero-order valence-electron chi connectivity index (χ0n) is 8.11. The van der Waals surface area contributed by atoms with Gasteiger partial charge in [0.05, 0.1) is 13.2 Å². The number of nitrogens with zero attached hydrogens (tertiary/aromatic N) is 3. The van der Waals surface area contributed by atoms with Crippen molar-refractivity contribution in [2.75, 3.05) is 37.5 Å². The molecule has 1 saturated heterocycles. The molecule has 0 radical (unpaired) electrons. The molecule has 1 aromatic rings. The summed E-state index contributed by atoms with van der Waals surface area (Å²) in [5, 5.41) is 2.33. The number of nitrogen functional groups attached to an aromatic ring is 1. The van der Waals surface area contributed by atoms with Crippen molar-refractivity contribution in [1.29, 1.82) is 0 Å². The van der Waals surface area contributed by atoms with Crippen LogP contribution in [0, 0.1) is 0 Å². The molecule has 0 bridgehead atoms. The molecule has 6 nitrogen and oxygen atoms in total. The first-order valence-corrected chi connectivity index (χ1v) is 5.00. The Morgan fingerprint density at radius 1 is 1.40 bits per heavy atom.